The van der Waals surface area contributed by atoms with E-state index in [1.165, 1.54) is 0 Å². The summed E-state index contributed by atoms with van der Waals surface area (Å²) in [5, 5.41) is 7.52. The van der Waals surface area contributed by atoms with Gasteiger partial charge in [0.15, 0.2) is 0 Å². The summed E-state index contributed by atoms with van der Waals surface area (Å²) in [7, 11) is -3.55. The Morgan fingerprint density at radius 3 is 1.81 bits per heavy atom. The Morgan fingerprint density at radius 2 is 1.30 bits per heavy atom. The van der Waals surface area contributed by atoms with Crippen molar-refractivity contribution in [3.63, 3.8) is 0 Å². The van der Waals surface area contributed by atoms with Crippen LogP contribution in [0.2, 0.25) is 0 Å². The van der Waals surface area contributed by atoms with Gasteiger partial charge in [-0.1, -0.05) is 60.7 Å². The summed E-state index contributed by atoms with van der Waals surface area (Å²) in [4.78, 5) is 37.2. The van der Waals surface area contributed by atoms with Crippen LogP contribution < -0.4 is 16.0 Å². The van der Waals surface area contributed by atoms with Crippen LogP contribution >= 0.6 is 7.60 Å². The average molecular weight is 536 g/mol. The molecule has 1 unspecified atom stereocenters. The second-order valence-corrected chi connectivity index (χ2v) is 9.74. The van der Waals surface area contributed by atoms with Crippen molar-refractivity contribution in [2.24, 2.45) is 0 Å². The zero-order valence-corrected chi connectivity index (χ0v) is 21.9. The largest absolute Gasteiger partial charge is 0.445 e. The molecule has 0 aliphatic heterocycles. The van der Waals surface area contributed by atoms with Crippen LogP contribution in [0.15, 0.2) is 60.7 Å². The first-order chi connectivity index (χ1) is 17.8. The van der Waals surface area contributed by atoms with Crippen molar-refractivity contribution in [3.05, 3.63) is 71.8 Å². The lowest BCUT2D eigenvalue weighted by Gasteiger charge is -2.21. The van der Waals surface area contributed by atoms with Crippen LogP contribution in [0.25, 0.3) is 0 Å². The number of carbonyl (C=O) groups is 3. The van der Waals surface area contributed by atoms with Crippen LogP contribution in [0, 0.1) is 0 Å². The number of benzene rings is 2. The van der Waals surface area contributed by atoms with Gasteiger partial charge in [0.2, 0.25) is 5.91 Å². The maximum Gasteiger partial charge on any atom is 0.408 e. The molecule has 0 bridgehead atoms. The predicted octanol–water partition coefficient (Wildman–Crippen LogP) is 3.94. The van der Waals surface area contributed by atoms with E-state index in [1.807, 2.05) is 48.5 Å². The number of amides is 3. The van der Waals surface area contributed by atoms with Gasteiger partial charge in [-0.25, -0.2) is 9.59 Å². The minimum Gasteiger partial charge on any atom is -0.445 e. The summed E-state index contributed by atoms with van der Waals surface area (Å²) in [6.45, 7) is 3.69. The summed E-state index contributed by atoms with van der Waals surface area (Å²) in [6, 6.07) is 17.1. The number of hydrogen-bond donors (Lipinski definition) is 3. The molecule has 3 N–H and O–H groups in total. The van der Waals surface area contributed by atoms with Crippen LogP contribution in [0.3, 0.4) is 0 Å². The maximum absolute atomic E-state index is 12.8. The Balaban J connectivity index is 1.91. The smallest absolute Gasteiger partial charge is 0.408 e. The third-order valence-electron chi connectivity index (χ3n) is 4.83. The number of nitrogens with one attached hydrogen (secondary N) is 3. The van der Waals surface area contributed by atoms with Gasteiger partial charge in [0, 0.05) is 6.54 Å². The van der Waals surface area contributed by atoms with Gasteiger partial charge in [0.1, 0.15) is 25.5 Å². The zero-order chi connectivity index (χ0) is 26.9. The van der Waals surface area contributed by atoms with Gasteiger partial charge >= 0.3 is 19.8 Å². The summed E-state index contributed by atoms with van der Waals surface area (Å²) in [5.74, 6) is -0.643. The molecule has 0 saturated heterocycles. The van der Waals surface area contributed by atoms with Gasteiger partial charge in [-0.2, -0.15) is 0 Å². The lowest BCUT2D eigenvalue weighted by atomic mass is 10.2. The van der Waals surface area contributed by atoms with Crippen molar-refractivity contribution in [2.45, 2.75) is 39.5 Å². The van der Waals surface area contributed by atoms with Crippen LogP contribution in [0.4, 0.5) is 9.59 Å². The summed E-state index contributed by atoms with van der Waals surface area (Å²) < 4.78 is 33.4. The van der Waals surface area contributed by atoms with E-state index in [0.717, 1.165) is 11.1 Å². The van der Waals surface area contributed by atoms with Gasteiger partial charge in [-0.3, -0.25) is 9.36 Å². The molecule has 11 nitrogen and oxygen atoms in total. The normalized spacial score (nSPS) is 11.7. The molecular formula is C25H34N3O8P. The first kappa shape index (κ1) is 29.8. The molecule has 0 heterocycles. The Hall–Kier alpha value is -3.40. The summed E-state index contributed by atoms with van der Waals surface area (Å²) in [5.41, 5.74) is 1.60. The fraction of sp³-hybridized carbons (Fsp3) is 0.400. The quantitative estimate of drug-likeness (QED) is 0.291. The maximum atomic E-state index is 12.8. The highest BCUT2D eigenvalue weighted by molar-refractivity contribution is 7.53. The SMILES string of the molecule is CCOP(=O)(CNC(=O)C(CCNC(=O)OCc1ccccc1)NC(=O)OCc1ccccc1)OCC. The van der Waals surface area contributed by atoms with Crippen molar-refractivity contribution < 1.29 is 37.5 Å². The van der Waals surface area contributed by atoms with Crippen molar-refractivity contribution in [3.8, 4) is 0 Å². The molecule has 0 spiro atoms. The predicted molar refractivity (Wildman–Crippen MR) is 137 cm³/mol. The molecular weight excluding hydrogens is 501 g/mol. The number of hydrogen-bond acceptors (Lipinski definition) is 8. The highest BCUT2D eigenvalue weighted by Crippen LogP contribution is 2.46. The molecule has 37 heavy (non-hydrogen) atoms. The molecule has 0 aromatic heterocycles. The number of carbonyl (C=O) groups excluding carboxylic acids is 3. The standard InChI is InChI=1S/C25H34N3O8P/c1-3-35-37(32,36-4-2)19-27-23(29)22(28-25(31)34-18-21-13-9-6-10-14-21)15-16-26-24(30)33-17-20-11-7-5-8-12-20/h5-14,22H,3-4,15-19H2,1-2H3,(H,26,30)(H,27,29)(H,28,31). The van der Waals surface area contributed by atoms with Gasteiger partial charge in [-0.05, 0) is 31.4 Å². The van der Waals surface area contributed by atoms with E-state index in [2.05, 4.69) is 16.0 Å². The monoisotopic (exact) mass is 535 g/mol. The van der Waals surface area contributed by atoms with Crippen LogP contribution in [-0.2, 0) is 41.1 Å². The second kappa shape index (κ2) is 16.4. The molecule has 0 aliphatic carbocycles. The van der Waals surface area contributed by atoms with E-state index in [4.69, 9.17) is 18.5 Å². The minimum absolute atomic E-state index is 0.00889. The molecule has 3 amide bonds. The molecule has 12 heteroatoms. The van der Waals surface area contributed by atoms with Crippen molar-refractivity contribution in [2.75, 3.05) is 26.0 Å². The van der Waals surface area contributed by atoms with Gasteiger partial charge in [-0.15, -0.1) is 0 Å². The van der Waals surface area contributed by atoms with E-state index in [9.17, 15) is 18.9 Å². The van der Waals surface area contributed by atoms with E-state index in [-0.39, 0.29) is 45.7 Å². The third kappa shape index (κ3) is 11.9. The van der Waals surface area contributed by atoms with Crippen molar-refractivity contribution in [1.29, 1.82) is 0 Å². The number of ether oxygens (including phenoxy) is 2. The number of alkyl carbamates (subject to hydrolysis) is 2. The van der Waals surface area contributed by atoms with Crippen molar-refractivity contribution >= 4 is 25.7 Å². The fourth-order valence-corrected chi connectivity index (χ4v) is 4.48. The lowest BCUT2D eigenvalue weighted by molar-refractivity contribution is -0.123. The van der Waals surface area contributed by atoms with Crippen molar-refractivity contribution in [1.82, 2.24) is 16.0 Å². The summed E-state index contributed by atoms with van der Waals surface area (Å²) in [6.07, 6.45) is -1.86. The zero-order valence-electron chi connectivity index (χ0n) is 21.0. The van der Waals surface area contributed by atoms with Crippen LogP contribution in [0.1, 0.15) is 31.4 Å². The molecule has 2 rings (SSSR count). The Labute approximate surface area is 216 Å². The van der Waals surface area contributed by atoms with E-state index < -0.39 is 31.7 Å². The van der Waals surface area contributed by atoms with E-state index in [1.54, 1.807) is 26.0 Å². The first-order valence-electron chi connectivity index (χ1n) is 11.9. The van der Waals surface area contributed by atoms with Gasteiger partial charge in [0.05, 0.1) is 13.2 Å². The second-order valence-electron chi connectivity index (χ2n) is 7.68. The Kier molecular flexibility index (Phi) is 13.2. The molecule has 0 saturated carbocycles. The Morgan fingerprint density at radius 1 is 0.784 bits per heavy atom. The highest BCUT2D eigenvalue weighted by Gasteiger charge is 2.28. The highest BCUT2D eigenvalue weighted by atomic mass is 31.2. The van der Waals surface area contributed by atoms with Crippen LogP contribution in [-0.4, -0.2) is 50.2 Å². The van der Waals surface area contributed by atoms with Gasteiger partial charge < -0.3 is 34.5 Å². The molecule has 1 atom stereocenters. The average Bonchev–Trinajstić information content (AvgIpc) is 2.90. The van der Waals surface area contributed by atoms with Crippen LogP contribution in [0.5, 0.6) is 0 Å². The number of rotatable bonds is 15. The molecule has 2 aromatic carbocycles. The lowest BCUT2D eigenvalue weighted by Crippen LogP contribution is -2.48. The third-order valence-corrected chi connectivity index (χ3v) is 6.68. The molecule has 0 radical (unpaired) electrons. The van der Waals surface area contributed by atoms with E-state index in [0.29, 0.717) is 0 Å². The van der Waals surface area contributed by atoms with E-state index >= 15 is 0 Å². The molecule has 202 valence electrons. The molecule has 0 fully saturated rings. The first-order valence-corrected chi connectivity index (χ1v) is 13.7. The molecule has 0 aliphatic rings. The molecule has 2 aromatic rings. The summed E-state index contributed by atoms with van der Waals surface area (Å²) >= 11 is 0. The van der Waals surface area contributed by atoms with Gasteiger partial charge in [0.25, 0.3) is 0 Å². The topological polar surface area (TPSA) is 141 Å². The Bertz CT molecular complexity index is 1010. The fourth-order valence-electron chi connectivity index (χ4n) is 3.09. The minimum atomic E-state index is -3.55.